The highest BCUT2D eigenvalue weighted by Crippen LogP contribution is 2.31. The summed E-state index contributed by atoms with van der Waals surface area (Å²) in [5, 5.41) is 0. The fraction of sp³-hybridized carbons (Fsp3) is 0.375. The number of thioether (sulfide) groups is 1. The highest BCUT2D eigenvalue weighted by atomic mass is 32.2. The Kier molecular flexibility index (Phi) is 4.29. The third kappa shape index (κ3) is 2.97. The van der Waals surface area contributed by atoms with E-state index in [0.717, 1.165) is 17.1 Å². The standard InChI is InChI=1S/C16H19N3OS/c1-2-21-10-15(20)19-8-13(12-6-4-3-5-7-12)16-14(9-19)17-11-18-16/h3-7,11,13H,2,8-10H2,1H3,(H,17,18). The molecule has 4 nitrogen and oxygen atoms in total. The smallest absolute Gasteiger partial charge is 0.232 e. The number of nitrogens with one attached hydrogen (secondary N) is 1. The maximum Gasteiger partial charge on any atom is 0.232 e. The van der Waals surface area contributed by atoms with Gasteiger partial charge in [0.1, 0.15) is 0 Å². The summed E-state index contributed by atoms with van der Waals surface area (Å²) in [5.41, 5.74) is 3.35. The molecule has 0 spiro atoms. The normalized spacial score (nSPS) is 17.6. The second kappa shape index (κ2) is 6.35. The fourth-order valence-corrected chi connectivity index (χ4v) is 3.30. The summed E-state index contributed by atoms with van der Waals surface area (Å²) in [4.78, 5) is 21.9. The number of carbonyl (C=O) groups excluding carboxylic acids is 1. The lowest BCUT2D eigenvalue weighted by atomic mass is 9.91. The molecule has 0 radical (unpaired) electrons. The molecule has 0 fully saturated rings. The van der Waals surface area contributed by atoms with Crippen LogP contribution < -0.4 is 0 Å². The summed E-state index contributed by atoms with van der Waals surface area (Å²) in [6.45, 7) is 3.43. The number of benzene rings is 1. The van der Waals surface area contributed by atoms with Gasteiger partial charge < -0.3 is 9.88 Å². The predicted octanol–water partition coefficient (Wildman–Crippen LogP) is 2.64. The van der Waals surface area contributed by atoms with Gasteiger partial charge in [-0.05, 0) is 11.3 Å². The predicted molar refractivity (Wildman–Crippen MR) is 85.3 cm³/mol. The first kappa shape index (κ1) is 14.2. The number of hydrogen-bond donors (Lipinski definition) is 1. The van der Waals surface area contributed by atoms with E-state index in [1.165, 1.54) is 5.56 Å². The Labute approximate surface area is 129 Å². The van der Waals surface area contributed by atoms with Gasteiger partial charge in [-0.15, -0.1) is 0 Å². The summed E-state index contributed by atoms with van der Waals surface area (Å²) in [6.07, 6.45) is 1.73. The van der Waals surface area contributed by atoms with Gasteiger partial charge in [0.25, 0.3) is 0 Å². The van der Waals surface area contributed by atoms with Crippen molar-refractivity contribution in [3.05, 3.63) is 53.6 Å². The number of H-pyrrole nitrogens is 1. The second-order valence-corrected chi connectivity index (χ2v) is 6.42. The monoisotopic (exact) mass is 301 g/mol. The van der Waals surface area contributed by atoms with Crippen molar-refractivity contribution in [3.63, 3.8) is 0 Å². The Morgan fingerprint density at radius 3 is 3.00 bits per heavy atom. The van der Waals surface area contributed by atoms with Gasteiger partial charge in [0.2, 0.25) is 5.91 Å². The average Bonchev–Trinajstić information content (AvgIpc) is 3.01. The Bertz CT molecular complexity index is 611. The highest BCUT2D eigenvalue weighted by Gasteiger charge is 2.30. The van der Waals surface area contributed by atoms with Gasteiger partial charge in [-0.1, -0.05) is 37.3 Å². The molecule has 21 heavy (non-hydrogen) atoms. The van der Waals surface area contributed by atoms with E-state index < -0.39 is 0 Å². The fourth-order valence-electron chi connectivity index (χ4n) is 2.74. The largest absolute Gasteiger partial charge is 0.347 e. The van der Waals surface area contributed by atoms with Gasteiger partial charge in [-0.25, -0.2) is 4.98 Å². The van der Waals surface area contributed by atoms with Crippen LogP contribution in [-0.2, 0) is 11.3 Å². The average molecular weight is 301 g/mol. The molecule has 1 atom stereocenters. The van der Waals surface area contributed by atoms with Crippen LogP contribution in [0, 0.1) is 0 Å². The maximum atomic E-state index is 12.3. The summed E-state index contributed by atoms with van der Waals surface area (Å²) in [5.74, 6) is 1.90. The van der Waals surface area contributed by atoms with Crippen LogP contribution in [0.2, 0.25) is 0 Å². The van der Waals surface area contributed by atoms with Crippen LogP contribution in [0.4, 0.5) is 0 Å². The number of amides is 1. The maximum absolute atomic E-state index is 12.3. The molecule has 110 valence electrons. The number of aromatic amines is 1. The lowest BCUT2D eigenvalue weighted by molar-refractivity contribution is -0.129. The molecule has 1 N–H and O–H groups in total. The van der Waals surface area contributed by atoms with Gasteiger partial charge in [0.15, 0.2) is 0 Å². The summed E-state index contributed by atoms with van der Waals surface area (Å²) < 4.78 is 0. The zero-order valence-electron chi connectivity index (χ0n) is 12.1. The number of hydrogen-bond acceptors (Lipinski definition) is 3. The van der Waals surface area contributed by atoms with E-state index in [-0.39, 0.29) is 11.8 Å². The van der Waals surface area contributed by atoms with Crippen LogP contribution in [0.3, 0.4) is 0 Å². The minimum Gasteiger partial charge on any atom is -0.347 e. The molecule has 1 aliphatic heterocycles. The minimum absolute atomic E-state index is 0.164. The number of rotatable bonds is 4. The molecule has 0 bridgehead atoms. The van der Waals surface area contributed by atoms with E-state index >= 15 is 0 Å². The third-order valence-corrected chi connectivity index (χ3v) is 4.68. The van der Waals surface area contributed by atoms with Crippen molar-refractivity contribution in [1.29, 1.82) is 0 Å². The number of aromatic nitrogens is 2. The molecule has 1 unspecified atom stereocenters. The van der Waals surface area contributed by atoms with Crippen molar-refractivity contribution in [2.45, 2.75) is 19.4 Å². The lowest BCUT2D eigenvalue weighted by Gasteiger charge is -2.32. The van der Waals surface area contributed by atoms with Gasteiger partial charge >= 0.3 is 0 Å². The van der Waals surface area contributed by atoms with Gasteiger partial charge in [-0.3, -0.25) is 4.79 Å². The molecule has 2 heterocycles. The Morgan fingerprint density at radius 2 is 2.24 bits per heavy atom. The molecule has 5 heteroatoms. The van der Waals surface area contributed by atoms with E-state index in [1.54, 1.807) is 18.1 Å². The van der Waals surface area contributed by atoms with Gasteiger partial charge in [-0.2, -0.15) is 11.8 Å². The molecule has 0 aliphatic carbocycles. The Balaban J connectivity index is 1.86. The van der Waals surface area contributed by atoms with Crippen molar-refractivity contribution in [1.82, 2.24) is 14.9 Å². The van der Waals surface area contributed by atoms with Gasteiger partial charge in [0, 0.05) is 12.5 Å². The summed E-state index contributed by atoms with van der Waals surface area (Å²) >= 11 is 1.67. The number of fused-ring (bicyclic) bond motifs is 1. The van der Waals surface area contributed by atoms with E-state index in [0.29, 0.717) is 18.8 Å². The molecular weight excluding hydrogens is 282 g/mol. The minimum atomic E-state index is 0.164. The van der Waals surface area contributed by atoms with Crippen LogP contribution in [0.25, 0.3) is 0 Å². The molecule has 0 saturated carbocycles. The zero-order chi connectivity index (χ0) is 14.7. The lowest BCUT2D eigenvalue weighted by Crippen LogP contribution is -2.39. The first-order valence-electron chi connectivity index (χ1n) is 7.22. The van der Waals surface area contributed by atoms with Crippen molar-refractivity contribution in [2.24, 2.45) is 0 Å². The van der Waals surface area contributed by atoms with E-state index in [1.807, 2.05) is 23.1 Å². The van der Waals surface area contributed by atoms with Crippen molar-refractivity contribution >= 4 is 17.7 Å². The second-order valence-electron chi connectivity index (χ2n) is 5.14. The molecular formula is C16H19N3OS. The van der Waals surface area contributed by atoms with Gasteiger partial charge in [0.05, 0.1) is 30.0 Å². The van der Waals surface area contributed by atoms with Crippen LogP contribution >= 0.6 is 11.8 Å². The van der Waals surface area contributed by atoms with Crippen LogP contribution in [0.1, 0.15) is 29.8 Å². The van der Waals surface area contributed by atoms with Crippen LogP contribution in [0.5, 0.6) is 0 Å². The Morgan fingerprint density at radius 1 is 1.43 bits per heavy atom. The summed E-state index contributed by atoms with van der Waals surface area (Å²) in [7, 11) is 0. The molecule has 1 aliphatic rings. The van der Waals surface area contributed by atoms with E-state index in [2.05, 4.69) is 29.0 Å². The quantitative estimate of drug-likeness (QED) is 0.944. The number of imidazole rings is 1. The van der Waals surface area contributed by atoms with Crippen molar-refractivity contribution in [2.75, 3.05) is 18.1 Å². The first-order valence-corrected chi connectivity index (χ1v) is 8.37. The van der Waals surface area contributed by atoms with Crippen molar-refractivity contribution < 1.29 is 4.79 Å². The molecule has 1 amide bonds. The Hall–Kier alpha value is -1.75. The van der Waals surface area contributed by atoms with E-state index in [9.17, 15) is 4.79 Å². The van der Waals surface area contributed by atoms with E-state index in [4.69, 9.17) is 0 Å². The first-order chi connectivity index (χ1) is 10.3. The molecule has 0 saturated heterocycles. The van der Waals surface area contributed by atoms with Crippen LogP contribution in [0.15, 0.2) is 36.7 Å². The zero-order valence-corrected chi connectivity index (χ0v) is 12.9. The molecule has 1 aromatic carbocycles. The third-order valence-electron chi connectivity index (χ3n) is 3.82. The SMILES string of the molecule is CCSCC(=O)N1Cc2[nH]cnc2C(c2ccccc2)C1. The molecule has 2 aromatic rings. The van der Waals surface area contributed by atoms with Crippen molar-refractivity contribution in [3.8, 4) is 0 Å². The molecule has 1 aromatic heterocycles. The topological polar surface area (TPSA) is 49.0 Å². The van der Waals surface area contributed by atoms with Crippen LogP contribution in [-0.4, -0.2) is 38.8 Å². The highest BCUT2D eigenvalue weighted by molar-refractivity contribution is 7.99. The summed E-state index contributed by atoms with van der Waals surface area (Å²) in [6, 6.07) is 10.3. The number of nitrogens with zero attached hydrogens (tertiary/aromatic N) is 2. The molecule has 3 rings (SSSR count). The number of carbonyl (C=O) groups is 1.